The molecule has 0 aromatic heterocycles. The summed E-state index contributed by atoms with van der Waals surface area (Å²) in [6, 6.07) is 13.1. The third-order valence-electron chi connectivity index (χ3n) is 5.11. The molecule has 2 unspecified atom stereocenters. The number of aryl methyl sites for hydroxylation is 3. The smallest absolute Gasteiger partial charge is 0.408 e. The van der Waals surface area contributed by atoms with E-state index in [1.165, 1.54) is 6.92 Å². The number of anilines is 1. The van der Waals surface area contributed by atoms with Crippen molar-refractivity contribution in [1.82, 2.24) is 10.2 Å². The molecule has 0 saturated heterocycles. The number of carbonyl (C=O) groups is 3. The van der Waals surface area contributed by atoms with Crippen LogP contribution in [-0.4, -0.2) is 34.5 Å². The quantitative estimate of drug-likeness (QED) is 0.483. The predicted molar refractivity (Wildman–Crippen MR) is 133 cm³/mol. The van der Waals surface area contributed by atoms with Crippen molar-refractivity contribution in [2.75, 3.05) is 5.32 Å². The maximum absolute atomic E-state index is 13.5. The number of alkyl carbamates (subject to hydrolysis) is 1. The molecule has 2 rings (SSSR count). The van der Waals surface area contributed by atoms with E-state index in [2.05, 4.69) is 16.7 Å². The molecule has 180 valence electrons. The number of rotatable bonds is 6. The van der Waals surface area contributed by atoms with Crippen LogP contribution in [-0.2, 0) is 14.3 Å². The Hall–Kier alpha value is -3.79. The number of hydrogen-bond donors (Lipinski definition) is 2. The van der Waals surface area contributed by atoms with E-state index in [0.29, 0.717) is 11.3 Å². The molecule has 34 heavy (non-hydrogen) atoms. The van der Waals surface area contributed by atoms with E-state index in [0.717, 1.165) is 21.6 Å². The van der Waals surface area contributed by atoms with E-state index in [9.17, 15) is 14.4 Å². The fraction of sp³-hybridized carbons (Fsp3) is 0.370. The lowest BCUT2D eigenvalue weighted by Gasteiger charge is -2.29. The Morgan fingerprint density at radius 2 is 1.56 bits per heavy atom. The van der Waals surface area contributed by atoms with Gasteiger partial charge in [0.1, 0.15) is 17.7 Å². The SMILES string of the molecule is C#CN(C(=O)C(C)NC(=O)OC(C)(C)C)C(C(=O)Nc1c(C)cccc1C)c1ccc(C)cc1. The molecule has 2 N–H and O–H groups in total. The van der Waals surface area contributed by atoms with E-state index in [-0.39, 0.29) is 0 Å². The van der Waals surface area contributed by atoms with Crippen LogP contribution < -0.4 is 10.6 Å². The zero-order valence-corrected chi connectivity index (χ0v) is 20.9. The number of hydrogen-bond acceptors (Lipinski definition) is 4. The second-order valence-electron chi connectivity index (χ2n) is 9.27. The van der Waals surface area contributed by atoms with Gasteiger partial charge in [-0.25, -0.2) is 4.79 Å². The van der Waals surface area contributed by atoms with Crippen LogP contribution in [0.2, 0.25) is 0 Å². The summed E-state index contributed by atoms with van der Waals surface area (Å²) in [5.41, 5.74) is 3.24. The molecule has 7 heteroatoms. The maximum atomic E-state index is 13.5. The summed E-state index contributed by atoms with van der Waals surface area (Å²) in [6.45, 7) is 12.4. The highest BCUT2D eigenvalue weighted by molar-refractivity contribution is 6.00. The van der Waals surface area contributed by atoms with Gasteiger partial charge in [0, 0.05) is 11.7 Å². The lowest BCUT2D eigenvalue weighted by Crippen LogP contribution is -2.49. The standard InChI is InChI=1S/C27H33N3O4/c1-9-30(25(32)20(5)28-26(33)34-27(6,7)8)23(21-15-13-17(2)14-16-21)24(31)29-22-18(3)11-10-12-19(22)4/h1,10-16,20,23H,2-8H3,(H,28,33)(H,29,31). The van der Waals surface area contributed by atoms with E-state index in [1.807, 2.05) is 51.1 Å². The minimum absolute atomic E-state index is 0.461. The number of benzene rings is 2. The number of terminal acetylenes is 1. The molecule has 0 heterocycles. The molecule has 0 aliphatic rings. The number of para-hydroxylation sites is 1. The summed E-state index contributed by atoms with van der Waals surface area (Å²) in [5.74, 6) is -1.08. The van der Waals surface area contributed by atoms with E-state index < -0.39 is 35.6 Å². The van der Waals surface area contributed by atoms with Gasteiger partial charge in [-0.3, -0.25) is 14.5 Å². The summed E-state index contributed by atoms with van der Waals surface area (Å²) in [6.07, 6.45) is 4.98. The summed E-state index contributed by atoms with van der Waals surface area (Å²) in [4.78, 5) is 40.0. The lowest BCUT2D eigenvalue weighted by atomic mass is 10.0. The van der Waals surface area contributed by atoms with Gasteiger partial charge in [-0.2, -0.15) is 0 Å². The Labute approximate surface area is 201 Å². The van der Waals surface area contributed by atoms with Gasteiger partial charge in [-0.1, -0.05) is 54.5 Å². The molecule has 2 aromatic carbocycles. The summed E-state index contributed by atoms with van der Waals surface area (Å²) < 4.78 is 5.23. The zero-order chi connectivity index (χ0) is 25.6. The highest BCUT2D eigenvalue weighted by Crippen LogP contribution is 2.26. The van der Waals surface area contributed by atoms with Crippen molar-refractivity contribution in [2.45, 2.75) is 66.2 Å². The number of ether oxygens (including phenoxy) is 1. The number of nitrogens with zero attached hydrogens (tertiary/aromatic N) is 1. The van der Waals surface area contributed by atoms with Gasteiger partial charge < -0.3 is 15.4 Å². The van der Waals surface area contributed by atoms with Crippen LogP contribution in [0.3, 0.4) is 0 Å². The van der Waals surface area contributed by atoms with Crippen molar-refractivity contribution in [1.29, 1.82) is 0 Å². The number of amides is 3. The Balaban J connectivity index is 2.39. The lowest BCUT2D eigenvalue weighted by molar-refractivity contribution is -0.136. The minimum Gasteiger partial charge on any atom is -0.444 e. The third kappa shape index (κ3) is 6.85. The molecule has 0 aliphatic heterocycles. The monoisotopic (exact) mass is 463 g/mol. The van der Waals surface area contributed by atoms with Crippen molar-refractivity contribution < 1.29 is 19.1 Å². The largest absolute Gasteiger partial charge is 0.444 e. The molecule has 0 radical (unpaired) electrons. The molecule has 0 aliphatic carbocycles. The van der Waals surface area contributed by atoms with E-state index in [1.54, 1.807) is 32.9 Å². The fourth-order valence-corrected chi connectivity index (χ4v) is 3.39. The van der Waals surface area contributed by atoms with Crippen molar-refractivity contribution in [3.63, 3.8) is 0 Å². The van der Waals surface area contributed by atoms with Gasteiger partial charge in [0.25, 0.3) is 11.8 Å². The molecule has 0 saturated carbocycles. The van der Waals surface area contributed by atoms with Gasteiger partial charge in [0.2, 0.25) is 0 Å². The topological polar surface area (TPSA) is 87.7 Å². The Morgan fingerprint density at radius 1 is 1.00 bits per heavy atom. The molecular weight excluding hydrogens is 430 g/mol. The first kappa shape index (κ1) is 26.5. The molecule has 0 bridgehead atoms. The van der Waals surface area contributed by atoms with Crippen LogP contribution in [0.25, 0.3) is 0 Å². The molecule has 0 fully saturated rings. The van der Waals surface area contributed by atoms with E-state index in [4.69, 9.17) is 11.2 Å². The fourth-order valence-electron chi connectivity index (χ4n) is 3.39. The third-order valence-corrected chi connectivity index (χ3v) is 5.11. The minimum atomic E-state index is -1.11. The average Bonchev–Trinajstić information content (AvgIpc) is 2.73. The zero-order valence-electron chi connectivity index (χ0n) is 20.9. The Morgan fingerprint density at radius 3 is 2.06 bits per heavy atom. The molecule has 3 amide bonds. The predicted octanol–water partition coefficient (Wildman–Crippen LogP) is 4.62. The highest BCUT2D eigenvalue weighted by Gasteiger charge is 2.34. The second kappa shape index (κ2) is 10.9. The van der Waals surface area contributed by atoms with Crippen molar-refractivity contribution >= 4 is 23.6 Å². The molecular formula is C27H33N3O4. The first-order valence-corrected chi connectivity index (χ1v) is 11.1. The van der Waals surface area contributed by atoms with Crippen LogP contribution in [0.15, 0.2) is 42.5 Å². The summed E-state index contributed by atoms with van der Waals surface area (Å²) >= 11 is 0. The van der Waals surface area contributed by atoms with Crippen LogP contribution in [0.1, 0.15) is 56.0 Å². The van der Waals surface area contributed by atoms with Crippen molar-refractivity contribution in [3.8, 4) is 12.5 Å². The normalized spacial score (nSPS) is 12.6. The first-order chi connectivity index (χ1) is 15.8. The molecule has 2 atom stereocenters. The Kier molecular flexibility index (Phi) is 8.47. The van der Waals surface area contributed by atoms with Crippen LogP contribution in [0.4, 0.5) is 10.5 Å². The number of carbonyl (C=O) groups excluding carboxylic acids is 3. The second-order valence-corrected chi connectivity index (χ2v) is 9.27. The van der Waals surface area contributed by atoms with Gasteiger partial charge in [0.15, 0.2) is 0 Å². The summed E-state index contributed by atoms with van der Waals surface area (Å²) in [5, 5.41) is 5.43. The van der Waals surface area contributed by atoms with Gasteiger partial charge in [0.05, 0.1) is 0 Å². The van der Waals surface area contributed by atoms with Crippen molar-refractivity contribution in [2.24, 2.45) is 0 Å². The van der Waals surface area contributed by atoms with Gasteiger partial charge in [-0.15, -0.1) is 0 Å². The average molecular weight is 464 g/mol. The number of nitrogens with one attached hydrogen (secondary N) is 2. The Bertz CT molecular complexity index is 1070. The van der Waals surface area contributed by atoms with Crippen LogP contribution in [0.5, 0.6) is 0 Å². The van der Waals surface area contributed by atoms with Crippen LogP contribution in [0, 0.1) is 33.2 Å². The molecule has 0 spiro atoms. The molecule has 7 nitrogen and oxygen atoms in total. The van der Waals surface area contributed by atoms with Gasteiger partial charge in [-0.05, 0) is 65.2 Å². The summed E-state index contributed by atoms with van der Waals surface area (Å²) in [7, 11) is 0. The molecule has 2 aromatic rings. The maximum Gasteiger partial charge on any atom is 0.408 e. The van der Waals surface area contributed by atoms with E-state index >= 15 is 0 Å². The van der Waals surface area contributed by atoms with Crippen molar-refractivity contribution in [3.05, 3.63) is 64.7 Å². The van der Waals surface area contributed by atoms with Gasteiger partial charge >= 0.3 is 6.09 Å². The van der Waals surface area contributed by atoms with Crippen LogP contribution >= 0.6 is 0 Å². The first-order valence-electron chi connectivity index (χ1n) is 11.1. The highest BCUT2D eigenvalue weighted by atomic mass is 16.6.